The first-order valence-electron chi connectivity index (χ1n) is 8.32. The van der Waals surface area contributed by atoms with Crippen LogP contribution in [0, 0.1) is 0 Å². The number of hydrogen-bond acceptors (Lipinski definition) is 4. The molecule has 1 aliphatic heterocycles. The van der Waals surface area contributed by atoms with Crippen LogP contribution in [0.15, 0.2) is 24.3 Å². The number of amides is 1. The normalized spacial score (nSPS) is 16.5. The van der Waals surface area contributed by atoms with E-state index in [1.807, 2.05) is 11.8 Å². The monoisotopic (exact) mass is 354 g/mol. The molecule has 0 aromatic heterocycles. The third-order valence-electron chi connectivity index (χ3n) is 4.29. The molecular formula is C17H26N2O4S. The molecule has 0 radical (unpaired) electrons. The molecule has 1 atom stereocenters. The fraction of sp³-hybridized carbons (Fsp3) is 0.588. The minimum atomic E-state index is -3.29. The zero-order valence-corrected chi connectivity index (χ0v) is 15.4. The van der Waals surface area contributed by atoms with Crippen LogP contribution in [0.1, 0.15) is 32.6 Å². The van der Waals surface area contributed by atoms with Gasteiger partial charge in [-0.15, -0.1) is 0 Å². The number of ether oxygens (including phenoxy) is 1. The molecular weight excluding hydrogens is 328 g/mol. The smallest absolute Gasteiger partial charge is 0.263 e. The first kappa shape index (κ1) is 18.6. The Labute approximate surface area is 144 Å². The molecule has 1 heterocycles. The van der Waals surface area contributed by atoms with Crippen molar-refractivity contribution in [3.8, 4) is 5.75 Å². The summed E-state index contributed by atoms with van der Waals surface area (Å²) < 4.78 is 30.1. The number of nitrogens with zero attached hydrogens (tertiary/aromatic N) is 2. The van der Waals surface area contributed by atoms with Crippen molar-refractivity contribution in [2.45, 2.75) is 38.7 Å². The number of hydrogen-bond donors (Lipinski definition) is 0. The highest BCUT2D eigenvalue weighted by Crippen LogP contribution is 2.22. The number of anilines is 1. The van der Waals surface area contributed by atoms with Crippen LogP contribution in [-0.4, -0.2) is 51.7 Å². The Morgan fingerprint density at radius 1 is 1.21 bits per heavy atom. The van der Waals surface area contributed by atoms with E-state index in [2.05, 4.69) is 0 Å². The fourth-order valence-corrected chi connectivity index (χ4v) is 3.22. The molecule has 1 aliphatic rings. The topological polar surface area (TPSA) is 66.9 Å². The largest absolute Gasteiger partial charge is 0.481 e. The van der Waals surface area contributed by atoms with E-state index in [0.717, 1.165) is 32.2 Å². The molecule has 1 aromatic rings. The second kappa shape index (κ2) is 7.88. The molecule has 0 unspecified atom stereocenters. The van der Waals surface area contributed by atoms with E-state index in [1.54, 1.807) is 24.3 Å². The Morgan fingerprint density at radius 3 is 2.29 bits per heavy atom. The van der Waals surface area contributed by atoms with Crippen molar-refractivity contribution in [3.05, 3.63) is 24.3 Å². The summed E-state index contributed by atoms with van der Waals surface area (Å²) in [7, 11) is -1.79. The number of sulfonamides is 1. The van der Waals surface area contributed by atoms with E-state index in [9.17, 15) is 13.2 Å². The molecule has 1 saturated heterocycles. The summed E-state index contributed by atoms with van der Waals surface area (Å²) in [5.74, 6) is 0.604. The Bertz CT molecular complexity index is 652. The quantitative estimate of drug-likeness (QED) is 0.786. The van der Waals surface area contributed by atoms with Gasteiger partial charge < -0.3 is 9.64 Å². The van der Waals surface area contributed by atoms with Crippen molar-refractivity contribution in [1.82, 2.24) is 4.90 Å². The molecule has 1 amide bonds. The number of rotatable bonds is 6. The number of carbonyl (C=O) groups is 1. The van der Waals surface area contributed by atoms with Gasteiger partial charge >= 0.3 is 0 Å². The third kappa shape index (κ3) is 4.63. The van der Waals surface area contributed by atoms with Crippen LogP contribution < -0.4 is 9.04 Å². The fourth-order valence-electron chi connectivity index (χ4n) is 2.72. The Balaban J connectivity index is 2.04. The van der Waals surface area contributed by atoms with E-state index in [1.165, 1.54) is 17.8 Å². The molecule has 0 saturated carbocycles. The second-order valence-electron chi connectivity index (χ2n) is 6.13. The molecule has 7 heteroatoms. The highest BCUT2D eigenvalue weighted by Gasteiger charge is 2.25. The van der Waals surface area contributed by atoms with Crippen LogP contribution in [0.4, 0.5) is 5.69 Å². The van der Waals surface area contributed by atoms with Gasteiger partial charge in [-0.25, -0.2) is 8.42 Å². The molecule has 0 aliphatic carbocycles. The lowest BCUT2D eigenvalue weighted by molar-refractivity contribution is -0.139. The SMILES string of the molecule is CC[C@H](Oc1ccc(N(C)S(C)(=O)=O)cc1)C(=O)N1CCCCC1. The van der Waals surface area contributed by atoms with Gasteiger partial charge in [0.1, 0.15) is 5.75 Å². The molecule has 0 bridgehead atoms. The summed E-state index contributed by atoms with van der Waals surface area (Å²) in [4.78, 5) is 14.4. The lowest BCUT2D eigenvalue weighted by Gasteiger charge is -2.30. The second-order valence-corrected chi connectivity index (χ2v) is 8.14. The van der Waals surface area contributed by atoms with Crippen LogP contribution in [0.5, 0.6) is 5.75 Å². The predicted molar refractivity (Wildman–Crippen MR) is 94.8 cm³/mol. The third-order valence-corrected chi connectivity index (χ3v) is 5.50. The minimum absolute atomic E-state index is 0.0366. The molecule has 0 N–H and O–H groups in total. The van der Waals surface area contributed by atoms with E-state index in [4.69, 9.17) is 4.74 Å². The molecule has 24 heavy (non-hydrogen) atoms. The standard InChI is InChI=1S/C17H26N2O4S/c1-4-16(17(20)19-12-6-5-7-13-19)23-15-10-8-14(9-11-15)18(2)24(3,21)22/h8-11,16H,4-7,12-13H2,1-3H3/t16-/m0/s1. The first-order chi connectivity index (χ1) is 11.3. The van der Waals surface area contributed by atoms with Crippen molar-refractivity contribution in [2.24, 2.45) is 0 Å². The molecule has 0 spiro atoms. The highest BCUT2D eigenvalue weighted by atomic mass is 32.2. The Morgan fingerprint density at radius 2 is 1.79 bits per heavy atom. The van der Waals surface area contributed by atoms with Crippen LogP contribution in [0.3, 0.4) is 0 Å². The number of benzene rings is 1. The summed E-state index contributed by atoms with van der Waals surface area (Å²) in [6.45, 7) is 3.53. The average molecular weight is 354 g/mol. The van der Waals surface area contributed by atoms with Crippen molar-refractivity contribution < 1.29 is 17.9 Å². The predicted octanol–water partition coefficient (Wildman–Crippen LogP) is 2.25. The van der Waals surface area contributed by atoms with Gasteiger partial charge in [0.25, 0.3) is 5.91 Å². The van der Waals surface area contributed by atoms with Gasteiger partial charge in [0, 0.05) is 20.1 Å². The van der Waals surface area contributed by atoms with E-state index < -0.39 is 16.1 Å². The minimum Gasteiger partial charge on any atom is -0.481 e. The summed E-state index contributed by atoms with van der Waals surface area (Å²) in [5, 5.41) is 0. The Kier molecular flexibility index (Phi) is 6.10. The van der Waals surface area contributed by atoms with Gasteiger partial charge in [-0.05, 0) is 49.9 Å². The van der Waals surface area contributed by atoms with Crippen molar-refractivity contribution in [2.75, 3.05) is 30.7 Å². The number of piperidine rings is 1. The molecule has 1 fully saturated rings. The van der Waals surface area contributed by atoms with Gasteiger partial charge in [0.2, 0.25) is 10.0 Å². The van der Waals surface area contributed by atoms with Crippen molar-refractivity contribution >= 4 is 21.6 Å². The summed E-state index contributed by atoms with van der Waals surface area (Å²) in [6.07, 6.45) is 4.53. The first-order valence-corrected chi connectivity index (χ1v) is 10.2. The van der Waals surface area contributed by atoms with Crippen LogP contribution >= 0.6 is 0 Å². The average Bonchev–Trinajstić information content (AvgIpc) is 2.59. The molecule has 6 nitrogen and oxygen atoms in total. The Hall–Kier alpha value is -1.76. The van der Waals surface area contributed by atoms with Crippen molar-refractivity contribution in [1.29, 1.82) is 0 Å². The van der Waals surface area contributed by atoms with Crippen LogP contribution in [0.25, 0.3) is 0 Å². The van der Waals surface area contributed by atoms with Gasteiger partial charge in [0.05, 0.1) is 11.9 Å². The van der Waals surface area contributed by atoms with E-state index >= 15 is 0 Å². The molecule has 1 aromatic carbocycles. The lowest BCUT2D eigenvalue weighted by Crippen LogP contribution is -2.44. The maximum Gasteiger partial charge on any atom is 0.263 e. The highest BCUT2D eigenvalue weighted by molar-refractivity contribution is 7.92. The van der Waals surface area contributed by atoms with Gasteiger partial charge in [-0.1, -0.05) is 6.92 Å². The van der Waals surface area contributed by atoms with E-state index in [0.29, 0.717) is 17.9 Å². The molecule has 2 rings (SSSR count). The lowest BCUT2D eigenvalue weighted by atomic mass is 10.1. The maximum absolute atomic E-state index is 12.6. The van der Waals surface area contributed by atoms with Crippen LogP contribution in [-0.2, 0) is 14.8 Å². The summed E-state index contributed by atoms with van der Waals surface area (Å²) in [5.41, 5.74) is 0.556. The summed E-state index contributed by atoms with van der Waals surface area (Å²) in [6, 6.07) is 6.75. The van der Waals surface area contributed by atoms with Crippen molar-refractivity contribution in [3.63, 3.8) is 0 Å². The van der Waals surface area contributed by atoms with Gasteiger partial charge in [-0.3, -0.25) is 9.10 Å². The maximum atomic E-state index is 12.6. The number of likely N-dealkylation sites (tertiary alicyclic amines) is 1. The van der Waals surface area contributed by atoms with Gasteiger partial charge in [0.15, 0.2) is 6.10 Å². The number of carbonyl (C=O) groups excluding carboxylic acids is 1. The van der Waals surface area contributed by atoms with Gasteiger partial charge in [-0.2, -0.15) is 0 Å². The van der Waals surface area contributed by atoms with Crippen LogP contribution in [0.2, 0.25) is 0 Å². The van der Waals surface area contributed by atoms with E-state index in [-0.39, 0.29) is 5.91 Å². The zero-order valence-electron chi connectivity index (χ0n) is 14.6. The zero-order chi connectivity index (χ0) is 17.7. The summed E-state index contributed by atoms with van der Waals surface area (Å²) >= 11 is 0. The molecule has 134 valence electrons.